The normalized spacial score (nSPS) is 20.2. The minimum Gasteiger partial charge on any atom is -0.380 e. The maximum Gasteiger partial charge on any atom is 0.308 e. The highest BCUT2D eigenvalue weighted by atomic mass is 32.1. The lowest BCUT2D eigenvalue weighted by atomic mass is 9.78. The summed E-state index contributed by atoms with van der Waals surface area (Å²) in [6, 6.07) is 6.47. The molecule has 2 aliphatic heterocycles. The molecule has 0 unspecified atom stereocenters. The van der Waals surface area contributed by atoms with E-state index in [0.29, 0.717) is 5.41 Å². The number of aryl methyl sites for hydroxylation is 1. The first-order chi connectivity index (χ1) is 10.7. The molecule has 0 atom stereocenters. The highest BCUT2D eigenvalue weighted by Gasteiger charge is 2.48. The Kier molecular flexibility index (Phi) is 3.59. The first-order valence-electron chi connectivity index (χ1n) is 8.11. The van der Waals surface area contributed by atoms with E-state index in [1.165, 1.54) is 16.9 Å². The Labute approximate surface area is 134 Å². The standard InChI is InChI=1S/C17H22N2O2S/c1-2-3-13-4-5-14-15(8-13)22-16(20)19(14)7-6-18-9-17(10-18)11-21-12-17/h4-5,8H,2-3,6-7,9-12H2,1H3. The molecule has 1 aromatic carbocycles. The van der Waals surface area contributed by atoms with E-state index in [1.54, 1.807) is 0 Å². The fourth-order valence-corrected chi connectivity index (χ4v) is 4.62. The SMILES string of the molecule is CCCc1ccc2c(c1)sc(=O)n2CCN1CC2(COC2)C1. The second kappa shape index (κ2) is 5.48. The summed E-state index contributed by atoms with van der Waals surface area (Å²) < 4.78 is 8.38. The van der Waals surface area contributed by atoms with E-state index in [2.05, 4.69) is 30.0 Å². The van der Waals surface area contributed by atoms with Crippen molar-refractivity contribution in [3.63, 3.8) is 0 Å². The lowest BCUT2D eigenvalue weighted by Gasteiger charge is -2.55. The van der Waals surface area contributed by atoms with Gasteiger partial charge in [-0.1, -0.05) is 30.7 Å². The van der Waals surface area contributed by atoms with Gasteiger partial charge < -0.3 is 9.64 Å². The smallest absolute Gasteiger partial charge is 0.308 e. The van der Waals surface area contributed by atoms with Crippen LogP contribution in [0.3, 0.4) is 0 Å². The minimum atomic E-state index is 0.172. The summed E-state index contributed by atoms with van der Waals surface area (Å²) in [4.78, 5) is 14.9. The van der Waals surface area contributed by atoms with Crippen LogP contribution in [0.1, 0.15) is 18.9 Å². The summed E-state index contributed by atoms with van der Waals surface area (Å²) in [5.41, 5.74) is 2.88. The average Bonchev–Trinajstić information content (AvgIpc) is 2.71. The van der Waals surface area contributed by atoms with Crippen LogP contribution in [0, 0.1) is 5.41 Å². The largest absolute Gasteiger partial charge is 0.380 e. The van der Waals surface area contributed by atoms with Crippen molar-refractivity contribution in [2.45, 2.75) is 26.3 Å². The van der Waals surface area contributed by atoms with E-state index in [9.17, 15) is 4.79 Å². The van der Waals surface area contributed by atoms with Crippen molar-refractivity contribution < 1.29 is 4.74 Å². The Bertz CT molecular complexity index is 737. The molecule has 22 heavy (non-hydrogen) atoms. The molecule has 4 nitrogen and oxygen atoms in total. The van der Waals surface area contributed by atoms with Gasteiger partial charge in [0, 0.05) is 31.6 Å². The van der Waals surface area contributed by atoms with E-state index in [-0.39, 0.29) is 4.87 Å². The summed E-state index contributed by atoms with van der Waals surface area (Å²) in [5, 5.41) is 0. The van der Waals surface area contributed by atoms with Crippen LogP contribution in [0.5, 0.6) is 0 Å². The number of aromatic nitrogens is 1. The number of hydrogen-bond acceptors (Lipinski definition) is 4. The van der Waals surface area contributed by atoms with Crippen LogP contribution in [-0.2, 0) is 17.7 Å². The van der Waals surface area contributed by atoms with Gasteiger partial charge in [0.2, 0.25) is 0 Å². The number of thiazole rings is 1. The van der Waals surface area contributed by atoms with Gasteiger partial charge in [0.25, 0.3) is 0 Å². The molecular formula is C17H22N2O2S. The predicted octanol–water partition coefficient (Wildman–Crippen LogP) is 2.35. The molecule has 2 saturated heterocycles. The Morgan fingerprint density at radius 2 is 2.09 bits per heavy atom. The lowest BCUT2D eigenvalue weighted by molar-refractivity contribution is -0.189. The second-order valence-corrected chi connectivity index (χ2v) is 7.77. The van der Waals surface area contributed by atoms with Gasteiger partial charge in [0.1, 0.15) is 0 Å². The van der Waals surface area contributed by atoms with Crippen molar-refractivity contribution in [2.75, 3.05) is 32.8 Å². The number of nitrogens with zero attached hydrogens (tertiary/aromatic N) is 2. The number of fused-ring (bicyclic) bond motifs is 1. The number of likely N-dealkylation sites (tertiary alicyclic amines) is 1. The van der Waals surface area contributed by atoms with E-state index in [4.69, 9.17) is 4.74 Å². The molecule has 5 heteroatoms. The lowest BCUT2D eigenvalue weighted by Crippen LogP contribution is -2.66. The molecule has 2 fully saturated rings. The molecular weight excluding hydrogens is 296 g/mol. The fraction of sp³-hybridized carbons (Fsp3) is 0.588. The monoisotopic (exact) mass is 318 g/mol. The molecule has 118 valence electrons. The van der Waals surface area contributed by atoms with Gasteiger partial charge in [-0.25, -0.2) is 0 Å². The first kappa shape index (κ1) is 14.4. The minimum absolute atomic E-state index is 0.172. The number of hydrogen-bond donors (Lipinski definition) is 0. The average molecular weight is 318 g/mol. The first-order valence-corrected chi connectivity index (χ1v) is 8.93. The summed E-state index contributed by atoms with van der Waals surface area (Å²) in [7, 11) is 0. The van der Waals surface area contributed by atoms with Crippen molar-refractivity contribution in [1.29, 1.82) is 0 Å². The van der Waals surface area contributed by atoms with Gasteiger partial charge >= 0.3 is 4.87 Å². The van der Waals surface area contributed by atoms with E-state index < -0.39 is 0 Å². The molecule has 4 rings (SSSR count). The molecule has 0 radical (unpaired) electrons. The second-order valence-electron chi connectivity index (χ2n) is 6.78. The molecule has 1 spiro atoms. The number of benzene rings is 1. The molecule has 3 heterocycles. The highest BCUT2D eigenvalue weighted by Crippen LogP contribution is 2.37. The van der Waals surface area contributed by atoms with E-state index in [1.807, 2.05) is 4.57 Å². The third-order valence-corrected chi connectivity index (χ3v) is 5.79. The van der Waals surface area contributed by atoms with E-state index >= 15 is 0 Å². The quantitative estimate of drug-likeness (QED) is 0.849. The van der Waals surface area contributed by atoms with Crippen molar-refractivity contribution in [2.24, 2.45) is 5.41 Å². The van der Waals surface area contributed by atoms with Gasteiger partial charge in [-0.15, -0.1) is 0 Å². The molecule has 2 aromatic rings. The highest BCUT2D eigenvalue weighted by molar-refractivity contribution is 7.16. The van der Waals surface area contributed by atoms with Gasteiger partial charge in [0.05, 0.1) is 23.4 Å². The zero-order valence-electron chi connectivity index (χ0n) is 13.0. The zero-order valence-corrected chi connectivity index (χ0v) is 13.8. The zero-order chi connectivity index (χ0) is 15.2. The molecule has 0 saturated carbocycles. The molecule has 0 N–H and O–H groups in total. The van der Waals surface area contributed by atoms with Crippen LogP contribution >= 0.6 is 11.3 Å². The van der Waals surface area contributed by atoms with Crippen LogP contribution in [0.2, 0.25) is 0 Å². The van der Waals surface area contributed by atoms with Gasteiger partial charge in [0.15, 0.2) is 0 Å². The molecule has 0 aliphatic carbocycles. The van der Waals surface area contributed by atoms with Crippen molar-refractivity contribution in [3.8, 4) is 0 Å². The molecule has 2 aliphatic rings. The molecule has 0 amide bonds. The van der Waals surface area contributed by atoms with Crippen LogP contribution in [-0.4, -0.2) is 42.3 Å². The third kappa shape index (κ3) is 2.41. The number of rotatable bonds is 5. The Morgan fingerprint density at radius 1 is 1.27 bits per heavy atom. The summed E-state index contributed by atoms with van der Waals surface area (Å²) in [5.74, 6) is 0. The topological polar surface area (TPSA) is 34.5 Å². The van der Waals surface area contributed by atoms with Crippen molar-refractivity contribution in [1.82, 2.24) is 9.47 Å². The van der Waals surface area contributed by atoms with Crippen molar-refractivity contribution in [3.05, 3.63) is 33.4 Å². The summed E-state index contributed by atoms with van der Waals surface area (Å²) in [6.45, 7) is 8.04. The van der Waals surface area contributed by atoms with Crippen LogP contribution < -0.4 is 4.87 Å². The van der Waals surface area contributed by atoms with Gasteiger partial charge in [-0.2, -0.15) is 0 Å². The van der Waals surface area contributed by atoms with Crippen LogP contribution in [0.15, 0.2) is 23.0 Å². The van der Waals surface area contributed by atoms with Gasteiger partial charge in [-0.3, -0.25) is 9.36 Å². The van der Waals surface area contributed by atoms with Crippen LogP contribution in [0.25, 0.3) is 10.2 Å². The Morgan fingerprint density at radius 3 is 2.77 bits per heavy atom. The number of ether oxygens (including phenoxy) is 1. The predicted molar refractivity (Wildman–Crippen MR) is 89.8 cm³/mol. The molecule has 1 aromatic heterocycles. The fourth-order valence-electron chi connectivity index (χ4n) is 3.64. The van der Waals surface area contributed by atoms with Crippen molar-refractivity contribution >= 4 is 21.6 Å². The summed E-state index contributed by atoms with van der Waals surface area (Å²) in [6.07, 6.45) is 2.22. The maximum absolute atomic E-state index is 12.3. The third-order valence-electron chi connectivity index (χ3n) is 4.85. The molecule has 0 bridgehead atoms. The summed E-state index contributed by atoms with van der Waals surface area (Å²) >= 11 is 1.38. The Hall–Kier alpha value is -1.17. The van der Waals surface area contributed by atoms with Gasteiger partial charge in [-0.05, 0) is 24.1 Å². The Balaban J connectivity index is 1.47. The van der Waals surface area contributed by atoms with E-state index in [0.717, 1.165) is 62.5 Å². The maximum atomic E-state index is 12.3. The van der Waals surface area contributed by atoms with Crippen LogP contribution in [0.4, 0.5) is 0 Å².